The first kappa shape index (κ1) is 12.0. The van der Waals surface area contributed by atoms with Crippen molar-refractivity contribution in [1.29, 1.82) is 0 Å². The molecule has 1 aromatic heterocycles. The van der Waals surface area contributed by atoms with Crippen LogP contribution in [0, 0.1) is 3.57 Å². The number of carbonyl (C=O) groups excluding carboxylic acids is 1. The van der Waals surface area contributed by atoms with E-state index in [4.69, 9.17) is 11.6 Å². The number of hydrogen-bond donors (Lipinski definition) is 0. The number of benzene rings is 1. The Labute approximate surface area is 116 Å². The Morgan fingerprint density at radius 3 is 2.94 bits per heavy atom. The van der Waals surface area contributed by atoms with Crippen LogP contribution in [-0.4, -0.2) is 10.8 Å². The fourth-order valence-corrected chi connectivity index (χ4v) is 2.37. The van der Waals surface area contributed by atoms with Gasteiger partial charge in [-0.05, 0) is 34.7 Å². The number of hydrogen-bond acceptors (Lipinski definition) is 3. The molecule has 0 unspecified atom stereocenters. The van der Waals surface area contributed by atoms with Crippen LogP contribution in [0.3, 0.4) is 0 Å². The molecule has 0 bridgehead atoms. The molecular formula is C11H7ClINOS. The van der Waals surface area contributed by atoms with Gasteiger partial charge in [0, 0.05) is 26.6 Å². The number of aromatic nitrogens is 1. The standard InChI is InChI=1S/C11H7ClINOS/c12-9-3-7(1-2-10(9)13)11(15)4-8-5-14-6-16-8/h1-3,5-6H,4H2. The van der Waals surface area contributed by atoms with E-state index in [0.717, 1.165) is 8.45 Å². The molecule has 16 heavy (non-hydrogen) atoms. The molecule has 0 amide bonds. The molecule has 0 N–H and O–H groups in total. The predicted octanol–water partition coefficient (Wildman–Crippen LogP) is 3.83. The van der Waals surface area contributed by atoms with Crippen molar-refractivity contribution in [2.24, 2.45) is 0 Å². The minimum absolute atomic E-state index is 0.0718. The quantitative estimate of drug-likeness (QED) is 0.613. The van der Waals surface area contributed by atoms with Crippen LogP contribution < -0.4 is 0 Å². The molecule has 2 rings (SSSR count). The fraction of sp³-hybridized carbons (Fsp3) is 0.0909. The third kappa shape index (κ3) is 2.81. The normalized spacial score (nSPS) is 10.4. The van der Waals surface area contributed by atoms with Gasteiger partial charge in [0.15, 0.2) is 5.78 Å². The monoisotopic (exact) mass is 363 g/mol. The van der Waals surface area contributed by atoms with E-state index in [1.54, 1.807) is 23.8 Å². The smallest absolute Gasteiger partial charge is 0.168 e. The first-order valence-corrected chi connectivity index (χ1v) is 6.86. The molecule has 0 spiro atoms. The lowest BCUT2D eigenvalue weighted by molar-refractivity contribution is 0.0994. The minimum Gasteiger partial charge on any atom is -0.294 e. The highest BCUT2D eigenvalue weighted by molar-refractivity contribution is 14.1. The van der Waals surface area contributed by atoms with Crippen LogP contribution in [0.2, 0.25) is 5.02 Å². The molecule has 0 aliphatic carbocycles. The summed E-state index contributed by atoms with van der Waals surface area (Å²) in [4.78, 5) is 16.8. The summed E-state index contributed by atoms with van der Waals surface area (Å²) >= 11 is 9.59. The van der Waals surface area contributed by atoms with E-state index in [2.05, 4.69) is 27.6 Å². The van der Waals surface area contributed by atoms with Crippen molar-refractivity contribution in [1.82, 2.24) is 4.98 Å². The molecule has 1 heterocycles. The van der Waals surface area contributed by atoms with E-state index in [1.807, 2.05) is 6.07 Å². The number of nitrogens with zero attached hydrogens (tertiary/aromatic N) is 1. The second-order valence-electron chi connectivity index (χ2n) is 3.20. The zero-order chi connectivity index (χ0) is 11.5. The van der Waals surface area contributed by atoms with Crippen LogP contribution in [0.1, 0.15) is 15.2 Å². The summed E-state index contributed by atoms with van der Waals surface area (Å²) in [5.41, 5.74) is 2.38. The summed E-state index contributed by atoms with van der Waals surface area (Å²) < 4.78 is 0.952. The summed E-state index contributed by atoms with van der Waals surface area (Å²) in [5, 5.41) is 0.621. The second-order valence-corrected chi connectivity index (χ2v) is 5.74. The lowest BCUT2D eigenvalue weighted by atomic mass is 10.1. The van der Waals surface area contributed by atoms with Gasteiger partial charge in [0.05, 0.1) is 10.5 Å². The average molecular weight is 364 g/mol. The summed E-state index contributed by atoms with van der Waals surface area (Å²) in [6.07, 6.45) is 2.11. The van der Waals surface area contributed by atoms with Crippen LogP contribution in [-0.2, 0) is 6.42 Å². The molecule has 0 atom stereocenters. The second kappa shape index (κ2) is 5.25. The molecule has 0 aliphatic rings. The van der Waals surface area contributed by atoms with Crippen molar-refractivity contribution in [3.63, 3.8) is 0 Å². The first-order valence-electron chi connectivity index (χ1n) is 4.52. The highest BCUT2D eigenvalue weighted by Crippen LogP contribution is 2.21. The molecule has 0 aliphatic heterocycles. The van der Waals surface area contributed by atoms with E-state index >= 15 is 0 Å². The molecule has 0 radical (unpaired) electrons. The number of ketones is 1. The maximum absolute atomic E-state index is 11.9. The van der Waals surface area contributed by atoms with Gasteiger partial charge in [-0.3, -0.25) is 9.78 Å². The van der Waals surface area contributed by atoms with Crippen LogP contribution >= 0.6 is 45.5 Å². The average Bonchev–Trinajstić information content (AvgIpc) is 2.74. The van der Waals surface area contributed by atoms with Gasteiger partial charge in [-0.15, -0.1) is 11.3 Å². The third-order valence-electron chi connectivity index (χ3n) is 2.06. The molecule has 82 valence electrons. The molecule has 5 heteroatoms. The van der Waals surface area contributed by atoms with E-state index in [-0.39, 0.29) is 5.78 Å². The van der Waals surface area contributed by atoms with Gasteiger partial charge in [-0.25, -0.2) is 0 Å². The van der Waals surface area contributed by atoms with Gasteiger partial charge in [0.1, 0.15) is 0 Å². The van der Waals surface area contributed by atoms with Gasteiger partial charge >= 0.3 is 0 Å². The molecule has 1 aromatic carbocycles. The van der Waals surface area contributed by atoms with E-state index in [0.29, 0.717) is 17.0 Å². The molecule has 2 nitrogen and oxygen atoms in total. The highest BCUT2D eigenvalue weighted by Gasteiger charge is 2.09. The van der Waals surface area contributed by atoms with Gasteiger partial charge < -0.3 is 0 Å². The van der Waals surface area contributed by atoms with Crippen molar-refractivity contribution < 1.29 is 4.79 Å². The zero-order valence-electron chi connectivity index (χ0n) is 8.11. The molecule has 2 aromatic rings. The number of rotatable bonds is 3. The summed E-state index contributed by atoms with van der Waals surface area (Å²) in [7, 11) is 0. The summed E-state index contributed by atoms with van der Waals surface area (Å²) in [6, 6.07) is 5.37. The highest BCUT2D eigenvalue weighted by atomic mass is 127. The fourth-order valence-electron chi connectivity index (χ4n) is 1.26. The molecular weight excluding hydrogens is 357 g/mol. The largest absolute Gasteiger partial charge is 0.294 e. The van der Waals surface area contributed by atoms with E-state index in [1.165, 1.54) is 11.3 Å². The Morgan fingerprint density at radius 2 is 2.31 bits per heavy atom. The molecule has 0 saturated heterocycles. The third-order valence-corrected chi connectivity index (χ3v) is 4.41. The number of halogens is 2. The van der Waals surface area contributed by atoms with Crippen LogP contribution in [0.4, 0.5) is 0 Å². The SMILES string of the molecule is O=C(Cc1cncs1)c1ccc(I)c(Cl)c1. The van der Waals surface area contributed by atoms with E-state index in [9.17, 15) is 4.79 Å². The minimum atomic E-state index is 0.0718. The number of thiazole rings is 1. The summed E-state index contributed by atoms with van der Waals surface area (Å²) in [5.74, 6) is 0.0718. The molecule has 0 fully saturated rings. The van der Waals surface area contributed by atoms with Gasteiger partial charge in [0.2, 0.25) is 0 Å². The lowest BCUT2D eigenvalue weighted by Gasteiger charge is -2.01. The summed E-state index contributed by atoms with van der Waals surface area (Å²) in [6.45, 7) is 0. The number of Topliss-reactive ketones (excluding diaryl/α,β-unsaturated/α-hetero) is 1. The lowest BCUT2D eigenvalue weighted by Crippen LogP contribution is -2.02. The maximum Gasteiger partial charge on any atom is 0.168 e. The van der Waals surface area contributed by atoms with Crippen molar-refractivity contribution in [3.8, 4) is 0 Å². The zero-order valence-corrected chi connectivity index (χ0v) is 11.8. The Kier molecular flexibility index (Phi) is 3.94. The van der Waals surface area contributed by atoms with Crippen molar-refractivity contribution >= 4 is 51.3 Å². The Hall–Kier alpha value is -0.460. The Balaban J connectivity index is 2.18. The van der Waals surface area contributed by atoms with Crippen molar-refractivity contribution in [2.45, 2.75) is 6.42 Å². The van der Waals surface area contributed by atoms with Crippen molar-refractivity contribution in [2.75, 3.05) is 0 Å². The topological polar surface area (TPSA) is 30.0 Å². The van der Waals surface area contributed by atoms with Crippen LogP contribution in [0.5, 0.6) is 0 Å². The van der Waals surface area contributed by atoms with Gasteiger partial charge in [-0.1, -0.05) is 17.7 Å². The van der Waals surface area contributed by atoms with E-state index < -0.39 is 0 Å². The number of carbonyl (C=O) groups is 1. The molecule has 0 saturated carbocycles. The Morgan fingerprint density at radius 1 is 1.50 bits per heavy atom. The van der Waals surface area contributed by atoms with Crippen molar-refractivity contribution in [3.05, 3.63) is 48.9 Å². The van der Waals surface area contributed by atoms with Crippen LogP contribution in [0.15, 0.2) is 29.9 Å². The predicted molar refractivity (Wildman–Crippen MR) is 74.3 cm³/mol. The maximum atomic E-state index is 11.9. The Bertz CT molecular complexity index is 513. The van der Waals surface area contributed by atoms with Gasteiger partial charge in [0.25, 0.3) is 0 Å². The van der Waals surface area contributed by atoms with Crippen LogP contribution in [0.25, 0.3) is 0 Å². The first-order chi connectivity index (χ1) is 7.66. The van der Waals surface area contributed by atoms with Gasteiger partial charge in [-0.2, -0.15) is 0 Å².